The molecule has 0 radical (unpaired) electrons. The Hall–Kier alpha value is -1.82. The number of nitrogens with one attached hydrogen (secondary N) is 1. The molecule has 2 aromatic heterocycles. The first kappa shape index (κ1) is 12.6. The molecule has 7 heteroatoms. The molecule has 0 saturated heterocycles. The Morgan fingerprint density at radius 3 is 2.78 bits per heavy atom. The Kier molecular flexibility index (Phi) is 3.66. The van der Waals surface area contributed by atoms with E-state index in [1.54, 1.807) is 23.1 Å². The SMILES string of the molecule is CCc1c(Cl)[nH]c(=O)n(CCn2cccn2)c1=O. The van der Waals surface area contributed by atoms with Crippen LogP contribution in [0.25, 0.3) is 0 Å². The second-order valence-electron chi connectivity index (χ2n) is 3.80. The number of aryl methyl sites for hydroxylation is 1. The van der Waals surface area contributed by atoms with Crippen molar-refractivity contribution in [2.45, 2.75) is 26.4 Å². The molecule has 0 aliphatic heterocycles. The van der Waals surface area contributed by atoms with Crippen LogP contribution in [0.1, 0.15) is 12.5 Å². The smallest absolute Gasteiger partial charge is 0.297 e. The van der Waals surface area contributed by atoms with Crippen molar-refractivity contribution in [3.8, 4) is 0 Å². The van der Waals surface area contributed by atoms with Crippen molar-refractivity contribution in [2.75, 3.05) is 0 Å². The monoisotopic (exact) mass is 268 g/mol. The van der Waals surface area contributed by atoms with Gasteiger partial charge in [0.05, 0.1) is 18.7 Å². The second-order valence-corrected chi connectivity index (χ2v) is 4.18. The maximum absolute atomic E-state index is 12.0. The van der Waals surface area contributed by atoms with Crippen molar-refractivity contribution in [3.63, 3.8) is 0 Å². The summed E-state index contributed by atoms with van der Waals surface area (Å²) in [6.07, 6.45) is 3.90. The minimum Gasteiger partial charge on any atom is -0.297 e. The summed E-state index contributed by atoms with van der Waals surface area (Å²) in [4.78, 5) is 26.2. The van der Waals surface area contributed by atoms with Crippen molar-refractivity contribution in [2.24, 2.45) is 0 Å². The lowest BCUT2D eigenvalue weighted by atomic mass is 10.2. The van der Waals surface area contributed by atoms with Crippen molar-refractivity contribution < 1.29 is 0 Å². The molecule has 6 nitrogen and oxygen atoms in total. The number of halogens is 1. The van der Waals surface area contributed by atoms with Crippen LogP contribution in [0.15, 0.2) is 28.0 Å². The summed E-state index contributed by atoms with van der Waals surface area (Å²) in [6.45, 7) is 2.54. The Morgan fingerprint density at radius 1 is 1.39 bits per heavy atom. The first-order valence-electron chi connectivity index (χ1n) is 5.62. The van der Waals surface area contributed by atoms with Gasteiger partial charge < -0.3 is 0 Å². The van der Waals surface area contributed by atoms with E-state index in [2.05, 4.69) is 10.1 Å². The molecule has 1 N–H and O–H groups in total. The van der Waals surface area contributed by atoms with Crippen LogP contribution in [0.4, 0.5) is 0 Å². The topological polar surface area (TPSA) is 72.7 Å². The molecule has 2 aromatic rings. The van der Waals surface area contributed by atoms with Gasteiger partial charge in [-0.2, -0.15) is 5.10 Å². The third-order valence-corrected chi connectivity index (χ3v) is 3.02. The fourth-order valence-electron chi connectivity index (χ4n) is 1.73. The van der Waals surface area contributed by atoms with Gasteiger partial charge in [0.2, 0.25) is 0 Å². The quantitative estimate of drug-likeness (QED) is 0.828. The molecule has 2 rings (SSSR count). The van der Waals surface area contributed by atoms with Gasteiger partial charge in [0.25, 0.3) is 5.56 Å². The molecule has 0 saturated carbocycles. The number of hydrogen-bond donors (Lipinski definition) is 1. The van der Waals surface area contributed by atoms with Crippen molar-refractivity contribution in [3.05, 3.63) is 50.0 Å². The molecule has 96 valence electrons. The summed E-state index contributed by atoms with van der Waals surface area (Å²) in [5.41, 5.74) is -0.399. The molecule has 0 aliphatic carbocycles. The normalized spacial score (nSPS) is 10.8. The van der Waals surface area contributed by atoms with Gasteiger partial charge >= 0.3 is 5.69 Å². The van der Waals surface area contributed by atoms with Crippen LogP contribution in [-0.4, -0.2) is 19.3 Å². The number of hydrogen-bond acceptors (Lipinski definition) is 3. The fraction of sp³-hybridized carbons (Fsp3) is 0.364. The number of aromatic nitrogens is 4. The summed E-state index contributed by atoms with van der Waals surface area (Å²) < 4.78 is 2.80. The molecular weight excluding hydrogens is 256 g/mol. The van der Waals surface area contributed by atoms with E-state index in [0.717, 1.165) is 4.57 Å². The van der Waals surface area contributed by atoms with Gasteiger partial charge in [-0.15, -0.1) is 0 Å². The molecular formula is C11H13ClN4O2. The number of nitrogens with zero attached hydrogens (tertiary/aromatic N) is 3. The average Bonchev–Trinajstić information content (AvgIpc) is 2.81. The van der Waals surface area contributed by atoms with Gasteiger partial charge in [-0.1, -0.05) is 18.5 Å². The summed E-state index contributed by atoms with van der Waals surface area (Å²) in [7, 11) is 0. The first-order valence-corrected chi connectivity index (χ1v) is 6.00. The van der Waals surface area contributed by atoms with Crippen molar-refractivity contribution >= 4 is 11.6 Å². The molecule has 0 unspecified atom stereocenters. The largest absolute Gasteiger partial charge is 0.329 e. The molecule has 0 amide bonds. The number of aromatic amines is 1. The van der Waals surface area contributed by atoms with E-state index in [9.17, 15) is 9.59 Å². The van der Waals surface area contributed by atoms with Gasteiger partial charge in [-0.05, 0) is 12.5 Å². The summed E-state index contributed by atoms with van der Waals surface area (Å²) in [5, 5.41) is 4.14. The van der Waals surface area contributed by atoms with Crippen LogP contribution in [0.2, 0.25) is 5.15 Å². The zero-order valence-corrected chi connectivity index (χ0v) is 10.6. The van der Waals surface area contributed by atoms with E-state index in [1.165, 1.54) is 0 Å². The molecule has 0 aliphatic rings. The molecule has 0 fully saturated rings. The second kappa shape index (κ2) is 5.22. The van der Waals surface area contributed by atoms with Gasteiger partial charge in [0.1, 0.15) is 5.15 Å². The maximum atomic E-state index is 12.0. The highest BCUT2D eigenvalue weighted by Gasteiger charge is 2.10. The highest BCUT2D eigenvalue weighted by molar-refractivity contribution is 6.30. The van der Waals surface area contributed by atoms with Crippen LogP contribution in [0.3, 0.4) is 0 Å². The summed E-state index contributed by atoms with van der Waals surface area (Å²) >= 11 is 5.82. The van der Waals surface area contributed by atoms with Gasteiger partial charge in [-0.3, -0.25) is 19.0 Å². The Labute approximate surface area is 108 Å². The maximum Gasteiger partial charge on any atom is 0.329 e. The van der Waals surface area contributed by atoms with Gasteiger partial charge in [0, 0.05) is 12.4 Å². The molecule has 0 spiro atoms. The third-order valence-electron chi connectivity index (χ3n) is 2.70. The lowest BCUT2D eigenvalue weighted by molar-refractivity contribution is 0.505. The molecule has 18 heavy (non-hydrogen) atoms. The van der Waals surface area contributed by atoms with Crippen LogP contribution < -0.4 is 11.2 Å². The molecule has 0 atom stereocenters. The zero-order chi connectivity index (χ0) is 13.1. The number of rotatable bonds is 4. The summed E-state index contributed by atoms with van der Waals surface area (Å²) in [5.74, 6) is 0. The fourth-order valence-corrected chi connectivity index (χ4v) is 2.03. The lowest BCUT2D eigenvalue weighted by Crippen LogP contribution is -2.38. The van der Waals surface area contributed by atoms with Crippen LogP contribution in [0, 0.1) is 0 Å². The average molecular weight is 269 g/mol. The number of H-pyrrole nitrogens is 1. The van der Waals surface area contributed by atoms with E-state index < -0.39 is 5.69 Å². The zero-order valence-electron chi connectivity index (χ0n) is 9.89. The predicted octanol–water partition coefficient (Wildman–Crippen LogP) is 0.649. The molecule has 0 aromatic carbocycles. The van der Waals surface area contributed by atoms with E-state index in [1.807, 2.05) is 6.92 Å². The minimum atomic E-state index is -0.491. The van der Waals surface area contributed by atoms with E-state index in [0.29, 0.717) is 18.5 Å². The molecule has 0 bridgehead atoms. The van der Waals surface area contributed by atoms with Crippen molar-refractivity contribution in [1.82, 2.24) is 19.3 Å². The van der Waals surface area contributed by atoms with E-state index in [-0.39, 0.29) is 17.3 Å². The van der Waals surface area contributed by atoms with E-state index in [4.69, 9.17) is 11.6 Å². The Morgan fingerprint density at radius 2 is 2.17 bits per heavy atom. The Bertz CT molecular complexity index is 642. The molecule has 2 heterocycles. The third kappa shape index (κ3) is 2.38. The highest BCUT2D eigenvalue weighted by Crippen LogP contribution is 2.05. The first-order chi connectivity index (χ1) is 8.63. The highest BCUT2D eigenvalue weighted by atomic mass is 35.5. The predicted molar refractivity (Wildman–Crippen MR) is 67.9 cm³/mol. The van der Waals surface area contributed by atoms with Crippen LogP contribution >= 0.6 is 11.6 Å². The standard InChI is InChI=1S/C11H13ClN4O2/c1-2-8-9(12)14-11(18)16(10(8)17)7-6-15-5-3-4-13-15/h3-5H,2,6-7H2,1H3,(H,14,18). The minimum absolute atomic E-state index is 0.128. The lowest BCUT2D eigenvalue weighted by Gasteiger charge is -2.07. The van der Waals surface area contributed by atoms with Crippen LogP contribution in [0.5, 0.6) is 0 Å². The van der Waals surface area contributed by atoms with Crippen molar-refractivity contribution in [1.29, 1.82) is 0 Å². The van der Waals surface area contributed by atoms with Crippen LogP contribution in [-0.2, 0) is 19.5 Å². The summed E-state index contributed by atoms with van der Waals surface area (Å²) in [6, 6.07) is 1.78. The van der Waals surface area contributed by atoms with Gasteiger partial charge in [-0.25, -0.2) is 4.79 Å². The van der Waals surface area contributed by atoms with E-state index >= 15 is 0 Å². The Balaban J connectivity index is 2.33. The van der Waals surface area contributed by atoms with Gasteiger partial charge in [0.15, 0.2) is 0 Å².